The van der Waals surface area contributed by atoms with Crippen LogP contribution < -0.4 is 20.9 Å². The van der Waals surface area contributed by atoms with Crippen LogP contribution in [0, 0.1) is 0 Å². The van der Waals surface area contributed by atoms with E-state index in [1.54, 1.807) is 48.5 Å². The Bertz CT molecular complexity index is 1520. The van der Waals surface area contributed by atoms with Gasteiger partial charge < -0.3 is 25.2 Å². The minimum absolute atomic E-state index is 0.126. The van der Waals surface area contributed by atoms with Crippen LogP contribution in [0.1, 0.15) is 40.4 Å². The van der Waals surface area contributed by atoms with Gasteiger partial charge in [-0.1, -0.05) is 60.7 Å². The number of fused-ring (bicyclic) bond motifs is 1. The second kappa shape index (κ2) is 13.6. The summed E-state index contributed by atoms with van der Waals surface area (Å²) in [5.74, 6) is -1.34. The molecule has 3 N–H and O–H groups in total. The average molecular weight is 544 g/mol. The molecule has 4 aromatic rings. The van der Waals surface area contributed by atoms with Gasteiger partial charge in [-0.05, 0) is 41.8 Å². The van der Waals surface area contributed by atoms with E-state index < -0.39 is 29.6 Å². The van der Waals surface area contributed by atoms with E-state index in [0.29, 0.717) is 29.8 Å². The zero-order valence-electron chi connectivity index (χ0n) is 21.6. The van der Waals surface area contributed by atoms with Gasteiger partial charge in [0.05, 0.1) is 25.3 Å². The maximum atomic E-state index is 13.1. The Labute approximate surface area is 230 Å². The first-order valence-corrected chi connectivity index (χ1v) is 12.7. The zero-order chi connectivity index (χ0) is 28.3. The number of carboxylic acids is 1. The molecular weight excluding hydrogens is 514 g/mol. The molecule has 0 saturated heterocycles. The number of rotatable bonds is 12. The summed E-state index contributed by atoms with van der Waals surface area (Å²) in [6.45, 7) is 0.791. The molecule has 206 valence electrons. The third-order valence-electron chi connectivity index (χ3n) is 6.03. The first-order valence-electron chi connectivity index (χ1n) is 12.7. The van der Waals surface area contributed by atoms with Crippen molar-refractivity contribution in [2.45, 2.75) is 25.5 Å². The number of carbonyl (C=O) groups is 3. The first kappa shape index (κ1) is 27.9. The van der Waals surface area contributed by atoms with Crippen LogP contribution in [0.15, 0.2) is 95.9 Å². The van der Waals surface area contributed by atoms with Gasteiger partial charge in [0, 0.05) is 12.1 Å². The van der Waals surface area contributed by atoms with Crippen LogP contribution in [-0.4, -0.2) is 40.6 Å². The lowest BCUT2D eigenvalue weighted by atomic mass is 10.0. The van der Waals surface area contributed by atoms with Crippen LogP contribution in [-0.2, 0) is 16.1 Å². The maximum Gasteiger partial charge on any atom is 0.407 e. The number of alkyl carbamates (subject to hydrolysis) is 1. The molecule has 2 aromatic carbocycles. The van der Waals surface area contributed by atoms with Gasteiger partial charge in [-0.25, -0.2) is 4.79 Å². The molecular formula is C30H29N3O7. The molecule has 10 heteroatoms. The second-order valence-electron chi connectivity index (χ2n) is 8.94. The first-order chi connectivity index (χ1) is 19.4. The molecule has 0 aliphatic heterocycles. The normalized spacial score (nSPS) is 11.4. The topological polar surface area (TPSA) is 135 Å². The van der Waals surface area contributed by atoms with Gasteiger partial charge in [0.15, 0.2) is 0 Å². The number of benzene rings is 2. The molecule has 0 bridgehead atoms. The lowest BCUT2D eigenvalue weighted by Crippen LogP contribution is -2.34. The summed E-state index contributed by atoms with van der Waals surface area (Å²) < 4.78 is 12.2. The van der Waals surface area contributed by atoms with Crippen molar-refractivity contribution in [2.75, 3.05) is 13.2 Å². The number of hydrogen-bond donors (Lipinski definition) is 3. The highest BCUT2D eigenvalue weighted by molar-refractivity contribution is 5.94. The molecule has 40 heavy (non-hydrogen) atoms. The van der Waals surface area contributed by atoms with Gasteiger partial charge in [0.1, 0.15) is 17.9 Å². The van der Waals surface area contributed by atoms with Gasteiger partial charge in [-0.15, -0.1) is 0 Å². The van der Waals surface area contributed by atoms with E-state index in [-0.39, 0.29) is 25.2 Å². The number of hydrogen-bond acceptors (Lipinski definition) is 6. The van der Waals surface area contributed by atoms with E-state index in [2.05, 4.69) is 10.6 Å². The molecule has 4 rings (SSSR count). The molecule has 0 fully saturated rings. The van der Waals surface area contributed by atoms with Crippen molar-refractivity contribution in [3.8, 4) is 5.75 Å². The van der Waals surface area contributed by atoms with E-state index in [0.717, 1.165) is 5.56 Å². The van der Waals surface area contributed by atoms with Crippen molar-refractivity contribution in [2.24, 2.45) is 0 Å². The average Bonchev–Trinajstić information content (AvgIpc) is 2.96. The Morgan fingerprint density at radius 3 is 2.33 bits per heavy atom. The third kappa shape index (κ3) is 7.70. The van der Waals surface area contributed by atoms with E-state index in [4.69, 9.17) is 9.47 Å². The fourth-order valence-corrected chi connectivity index (χ4v) is 4.01. The predicted molar refractivity (Wildman–Crippen MR) is 147 cm³/mol. The molecule has 0 spiro atoms. The Morgan fingerprint density at radius 1 is 0.900 bits per heavy atom. The number of nitrogens with one attached hydrogen (secondary N) is 2. The van der Waals surface area contributed by atoms with E-state index in [1.807, 2.05) is 30.3 Å². The molecule has 0 radical (unpaired) electrons. The van der Waals surface area contributed by atoms with E-state index >= 15 is 0 Å². The number of carboxylic acid groups (broad SMARTS) is 1. The minimum atomic E-state index is -1.08. The quantitative estimate of drug-likeness (QED) is 0.230. The molecule has 1 atom stereocenters. The standard InChI is InChI=1S/C30H29N3O7/c34-27(35)18-26(22-10-5-2-6-11-22)32-28(36)25-15-13-23-12-14-24(19-33(23)29(25)37)39-17-7-16-31-30(38)40-20-21-8-3-1-4-9-21/h1-6,8-15,19,26H,7,16-18,20H2,(H,31,38)(H,32,36)(H,34,35). The van der Waals surface area contributed by atoms with Crippen molar-refractivity contribution < 1.29 is 29.0 Å². The summed E-state index contributed by atoms with van der Waals surface area (Å²) in [6.07, 6.45) is 1.13. The fraction of sp³-hybridized carbons (Fsp3) is 0.200. The van der Waals surface area contributed by atoms with Gasteiger partial charge >= 0.3 is 12.1 Å². The highest BCUT2D eigenvalue weighted by Gasteiger charge is 2.21. The minimum Gasteiger partial charge on any atom is -0.492 e. The molecule has 2 aromatic heterocycles. The SMILES string of the molecule is O=C(O)CC(NC(=O)c1ccc2ccc(OCCCNC(=O)OCc3ccccc3)cn2c1=O)c1ccccc1. The lowest BCUT2D eigenvalue weighted by molar-refractivity contribution is -0.137. The lowest BCUT2D eigenvalue weighted by Gasteiger charge is -2.17. The van der Waals surface area contributed by atoms with Crippen molar-refractivity contribution in [3.63, 3.8) is 0 Å². The molecule has 10 nitrogen and oxygen atoms in total. The second-order valence-corrected chi connectivity index (χ2v) is 8.94. The van der Waals surface area contributed by atoms with E-state index in [1.165, 1.54) is 16.7 Å². The van der Waals surface area contributed by atoms with Crippen LogP contribution in [0.25, 0.3) is 5.52 Å². The van der Waals surface area contributed by atoms with Crippen molar-refractivity contribution >= 4 is 23.5 Å². The maximum absolute atomic E-state index is 13.1. The molecule has 1 unspecified atom stereocenters. The Balaban J connectivity index is 1.33. The van der Waals surface area contributed by atoms with Crippen LogP contribution in [0.3, 0.4) is 0 Å². The highest BCUT2D eigenvalue weighted by Crippen LogP contribution is 2.18. The van der Waals surface area contributed by atoms with Gasteiger partial charge in [0.2, 0.25) is 0 Å². The van der Waals surface area contributed by atoms with Crippen LogP contribution in [0.2, 0.25) is 0 Å². The Hall–Kier alpha value is -5.12. The molecule has 0 saturated carbocycles. The fourth-order valence-electron chi connectivity index (χ4n) is 4.01. The zero-order valence-corrected chi connectivity index (χ0v) is 21.6. The summed E-state index contributed by atoms with van der Waals surface area (Å²) in [5, 5.41) is 14.6. The number of amides is 2. The highest BCUT2D eigenvalue weighted by atomic mass is 16.5. The molecule has 2 heterocycles. The van der Waals surface area contributed by atoms with Gasteiger partial charge in [0.25, 0.3) is 11.5 Å². The van der Waals surface area contributed by atoms with Crippen molar-refractivity contribution in [1.29, 1.82) is 0 Å². The number of nitrogens with zero attached hydrogens (tertiary/aromatic N) is 1. The van der Waals surface area contributed by atoms with Gasteiger partial charge in [-0.3, -0.25) is 18.8 Å². The Morgan fingerprint density at radius 2 is 1.60 bits per heavy atom. The number of ether oxygens (including phenoxy) is 2. The molecule has 0 aliphatic rings. The van der Waals surface area contributed by atoms with Crippen LogP contribution >= 0.6 is 0 Å². The third-order valence-corrected chi connectivity index (χ3v) is 6.03. The smallest absolute Gasteiger partial charge is 0.407 e. The van der Waals surface area contributed by atoms with E-state index in [9.17, 15) is 24.3 Å². The van der Waals surface area contributed by atoms with Gasteiger partial charge in [-0.2, -0.15) is 0 Å². The summed E-state index contributed by atoms with van der Waals surface area (Å²) in [5.41, 5.74) is 1.38. The number of aromatic nitrogens is 1. The largest absolute Gasteiger partial charge is 0.492 e. The van der Waals surface area contributed by atoms with Crippen molar-refractivity contribution in [3.05, 3.63) is 118 Å². The predicted octanol–water partition coefficient (Wildman–Crippen LogP) is 3.94. The summed E-state index contributed by atoms with van der Waals surface area (Å²) in [4.78, 5) is 49.4. The summed E-state index contributed by atoms with van der Waals surface area (Å²) >= 11 is 0. The molecule has 2 amide bonds. The van der Waals surface area contributed by atoms with Crippen molar-refractivity contribution in [1.82, 2.24) is 15.0 Å². The number of carbonyl (C=O) groups excluding carboxylic acids is 2. The molecule has 0 aliphatic carbocycles. The number of pyridine rings is 2. The summed E-state index contributed by atoms with van der Waals surface area (Å²) in [6, 6.07) is 23.7. The Kier molecular flexibility index (Phi) is 9.49. The monoisotopic (exact) mass is 543 g/mol. The summed E-state index contributed by atoms with van der Waals surface area (Å²) in [7, 11) is 0. The van der Waals surface area contributed by atoms with Crippen LogP contribution in [0.4, 0.5) is 4.79 Å². The van der Waals surface area contributed by atoms with Crippen LogP contribution in [0.5, 0.6) is 5.75 Å². The number of aliphatic carboxylic acids is 1.